The Morgan fingerprint density at radius 2 is 1.33 bits per heavy atom. The number of aliphatic carboxylic acids is 1. The minimum Gasteiger partial charge on any atom is -0.478 e. The zero-order valence-corrected chi connectivity index (χ0v) is 12.3. The highest BCUT2D eigenvalue weighted by molar-refractivity contribution is 6.01. The number of fused-ring (bicyclic) bond motifs is 2. The fraction of sp³-hybridized carbons (Fsp3) is 0.105. The van der Waals surface area contributed by atoms with Gasteiger partial charge in [-0.3, -0.25) is 0 Å². The molecule has 106 valence electrons. The predicted molar refractivity (Wildman–Crippen MR) is 88.6 cm³/mol. The Morgan fingerprint density at radius 3 is 1.71 bits per heavy atom. The molecular weight excluding hydrogens is 260 g/mol. The summed E-state index contributed by atoms with van der Waals surface area (Å²) in [5.41, 5.74) is 1.55. The number of hydrogen-bond acceptors (Lipinski definition) is 1. The Labute approximate surface area is 124 Å². The summed E-state index contributed by atoms with van der Waals surface area (Å²) in [5, 5.41) is 13.3. The highest BCUT2D eigenvalue weighted by Crippen LogP contribution is 2.27. The van der Waals surface area contributed by atoms with Gasteiger partial charge in [-0.1, -0.05) is 55.1 Å². The summed E-state index contributed by atoms with van der Waals surface area (Å²) in [5.74, 6) is -0.935. The topological polar surface area (TPSA) is 37.3 Å². The van der Waals surface area contributed by atoms with Crippen LogP contribution in [0, 0.1) is 6.92 Å². The van der Waals surface area contributed by atoms with Gasteiger partial charge in [0.1, 0.15) is 0 Å². The Balaban J connectivity index is 0.000000232. The smallest absolute Gasteiger partial charge is 0.330 e. The molecule has 0 bridgehead atoms. The molecule has 0 unspecified atom stereocenters. The molecule has 0 heterocycles. The Hall–Kier alpha value is -2.61. The molecule has 0 radical (unpaired) electrons. The first-order valence-electron chi connectivity index (χ1n) is 6.76. The molecule has 0 spiro atoms. The Bertz CT molecular complexity index is 750. The van der Waals surface area contributed by atoms with E-state index in [1.54, 1.807) is 0 Å². The molecule has 0 fully saturated rings. The van der Waals surface area contributed by atoms with Crippen LogP contribution in [0.2, 0.25) is 0 Å². The second kappa shape index (κ2) is 6.23. The SMILES string of the molecule is C=C(C)C(=O)O.Cc1c2ccccc2cc2ccccc12. The number of carboxylic acid groups (broad SMARTS) is 1. The average molecular weight is 278 g/mol. The molecule has 0 amide bonds. The molecule has 21 heavy (non-hydrogen) atoms. The van der Waals surface area contributed by atoms with Gasteiger partial charge in [-0.25, -0.2) is 4.79 Å². The van der Waals surface area contributed by atoms with Crippen molar-refractivity contribution in [2.75, 3.05) is 0 Å². The summed E-state index contributed by atoms with van der Waals surface area (Å²) in [6.07, 6.45) is 0. The molecule has 1 N–H and O–H groups in total. The van der Waals surface area contributed by atoms with Crippen molar-refractivity contribution in [2.45, 2.75) is 13.8 Å². The van der Waals surface area contributed by atoms with Crippen molar-refractivity contribution < 1.29 is 9.90 Å². The third-order valence-electron chi connectivity index (χ3n) is 3.41. The molecule has 0 atom stereocenters. The van der Waals surface area contributed by atoms with Gasteiger partial charge >= 0.3 is 5.97 Å². The largest absolute Gasteiger partial charge is 0.478 e. The van der Waals surface area contributed by atoms with E-state index in [1.165, 1.54) is 34.0 Å². The number of benzene rings is 3. The molecular formula is C19H18O2. The van der Waals surface area contributed by atoms with Crippen LogP contribution in [0.15, 0.2) is 66.7 Å². The van der Waals surface area contributed by atoms with Crippen LogP contribution >= 0.6 is 0 Å². The maximum absolute atomic E-state index is 9.60. The van der Waals surface area contributed by atoms with Crippen molar-refractivity contribution in [1.29, 1.82) is 0 Å². The van der Waals surface area contributed by atoms with Crippen LogP contribution in [-0.2, 0) is 4.79 Å². The van der Waals surface area contributed by atoms with Crippen molar-refractivity contribution in [1.82, 2.24) is 0 Å². The first-order valence-corrected chi connectivity index (χ1v) is 6.76. The maximum atomic E-state index is 9.60. The third-order valence-corrected chi connectivity index (χ3v) is 3.41. The van der Waals surface area contributed by atoms with Crippen LogP contribution < -0.4 is 0 Å². The molecule has 0 saturated carbocycles. The Morgan fingerprint density at radius 1 is 0.952 bits per heavy atom. The molecule has 2 nitrogen and oxygen atoms in total. The first kappa shape index (κ1) is 14.8. The lowest BCUT2D eigenvalue weighted by molar-refractivity contribution is -0.132. The average Bonchev–Trinajstić information content (AvgIpc) is 2.48. The van der Waals surface area contributed by atoms with Crippen molar-refractivity contribution >= 4 is 27.5 Å². The first-order chi connectivity index (χ1) is 10.0. The maximum Gasteiger partial charge on any atom is 0.330 e. The van der Waals surface area contributed by atoms with Crippen molar-refractivity contribution in [3.05, 3.63) is 72.3 Å². The number of rotatable bonds is 1. The standard InChI is InChI=1S/C15H12.C4H6O2/c1-11-14-8-4-2-6-12(14)10-13-7-3-5-9-15(11)13;1-3(2)4(5)6/h2-10H,1H3;1H2,2H3,(H,5,6). The van der Waals surface area contributed by atoms with Crippen LogP contribution in [0.25, 0.3) is 21.5 Å². The van der Waals surface area contributed by atoms with Gasteiger partial charge in [0, 0.05) is 5.57 Å². The van der Waals surface area contributed by atoms with E-state index in [0.717, 1.165) is 0 Å². The Kier molecular flexibility index (Phi) is 4.39. The van der Waals surface area contributed by atoms with Gasteiger partial charge in [0.25, 0.3) is 0 Å². The lowest BCUT2D eigenvalue weighted by Gasteiger charge is -2.06. The zero-order chi connectivity index (χ0) is 15.4. The van der Waals surface area contributed by atoms with E-state index >= 15 is 0 Å². The van der Waals surface area contributed by atoms with Crippen LogP contribution in [0.4, 0.5) is 0 Å². The summed E-state index contributed by atoms with van der Waals surface area (Å²) in [7, 11) is 0. The van der Waals surface area contributed by atoms with E-state index in [0.29, 0.717) is 0 Å². The molecule has 3 aromatic carbocycles. The van der Waals surface area contributed by atoms with Crippen LogP contribution in [0.5, 0.6) is 0 Å². The zero-order valence-electron chi connectivity index (χ0n) is 12.3. The molecule has 0 aliphatic rings. The van der Waals surface area contributed by atoms with Crippen LogP contribution in [0.3, 0.4) is 0 Å². The number of carbonyl (C=O) groups is 1. The highest BCUT2D eigenvalue weighted by Gasteiger charge is 2.01. The van der Waals surface area contributed by atoms with Crippen molar-refractivity contribution in [3.8, 4) is 0 Å². The normalized spacial score (nSPS) is 10.0. The molecule has 3 aromatic rings. The molecule has 0 aromatic heterocycles. The molecule has 2 heteroatoms. The molecule has 3 rings (SSSR count). The monoisotopic (exact) mass is 278 g/mol. The van der Waals surface area contributed by atoms with E-state index in [2.05, 4.69) is 68.1 Å². The quantitative estimate of drug-likeness (QED) is 0.505. The third kappa shape index (κ3) is 3.29. The fourth-order valence-electron chi connectivity index (χ4n) is 2.24. The van der Waals surface area contributed by atoms with Crippen molar-refractivity contribution in [2.24, 2.45) is 0 Å². The summed E-state index contributed by atoms with van der Waals surface area (Å²) in [6, 6.07) is 19.4. The van der Waals surface area contributed by atoms with Gasteiger partial charge in [0.15, 0.2) is 0 Å². The summed E-state index contributed by atoms with van der Waals surface area (Å²) in [6.45, 7) is 6.80. The van der Waals surface area contributed by atoms with Gasteiger partial charge in [0.2, 0.25) is 0 Å². The molecule has 0 saturated heterocycles. The van der Waals surface area contributed by atoms with Gasteiger partial charge in [0.05, 0.1) is 0 Å². The van der Waals surface area contributed by atoms with Crippen LogP contribution in [-0.4, -0.2) is 11.1 Å². The van der Waals surface area contributed by atoms with Gasteiger partial charge in [-0.05, 0) is 47.0 Å². The molecule has 0 aliphatic carbocycles. The van der Waals surface area contributed by atoms with Crippen LogP contribution in [0.1, 0.15) is 12.5 Å². The summed E-state index contributed by atoms with van der Waals surface area (Å²) in [4.78, 5) is 9.60. The van der Waals surface area contributed by atoms with E-state index in [-0.39, 0.29) is 5.57 Å². The van der Waals surface area contributed by atoms with Gasteiger partial charge in [-0.2, -0.15) is 0 Å². The lowest BCUT2D eigenvalue weighted by atomic mass is 9.98. The van der Waals surface area contributed by atoms with E-state index < -0.39 is 5.97 Å². The second-order valence-corrected chi connectivity index (χ2v) is 5.03. The minimum absolute atomic E-state index is 0.176. The van der Waals surface area contributed by atoms with Gasteiger partial charge < -0.3 is 5.11 Å². The number of carboxylic acids is 1. The predicted octanol–water partition coefficient (Wildman–Crippen LogP) is 4.95. The highest BCUT2D eigenvalue weighted by atomic mass is 16.4. The van der Waals surface area contributed by atoms with Crippen molar-refractivity contribution in [3.63, 3.8) is 0 Å². The number of aryl methyl sites for hydroxylation is 1. The fourth-order valence-corrected chi connectivity index (χ4v) is 2.24. The van der Waals surface area contributed by atoms with E-state index in [4.69, 9.17) is 5.11 Å². The summed E-state index contributed by atoms with van der Waals surface area (Å²) < 4.78 is 0. The second-order valence-electron chi connectivity index (χ2n) is 5.03. The molecule has 0 aliphatic heterocycles. The number of hydrogen-bond donors (Lipinski definition) is 1. The minimum atomic E-state index is -0.935. The van der Waals surface area contributed by atoms with E-state index in [9.17, 15) is 4.79 Å². The van der Waals surface area contributed by atoms with Gasteiger partial charge in [-0.15, -0.1) is 0 Å². The van der Waals surface area contributed by atoms with E-state index in [1.807, 2.05) is 0 Å². The lowest BCUT2D eigenvalue weighted by Crippen LogP contribution is -1.92. The summed E-state index contributed by atoms with van der Waals surface area (Å²) >= 11 is 0.